The van der Waals surface area contributed by atoms with Gasteiger partial charge in [-0.2, -0.15) is 0 Å². The number of rotatable bonds is 2. The van der Waals surface area contributed by atoms with Crippen molar-refractivity contribution in [3.05, 3.63) is 14.5 Å². The Morgan fingerprint density at radius 3 is 2.90 bits per heavy atom. The summed E-state index contributed by atoms with van der Waals surface area (Å²) in [4.78, 5) is 30.3. The first kappa shape index (κ1) is 14.7. The number of nitrogens with one attached hydrogen (secondary N) is 2. The molecule has 2 heterocycles. The average molecular weight is 325 g/mol. The third-order valence-corrected chi connectivity index (χ3v) is 5.68. The zero-order valence-corrected chi connectivity index (χ0v) is 13.6. The van der Waals surface area contributed by atoms with E-state index in [1.54, 1.807) is 4.90 Å². The summed E-state index contributed by atoms with van der Waals surface area (Å²) in [6.07, 6.45) is 4.55. The molecule has 2 aliphatic rings. The van der Waals surface area contributed by atoms with E-state index < -0.39 is 0 Å². The van der Waals surface area contributed by atoms with Crippen molar-refractivity contribution in [1.82, 2.24) is 15.2 Å². The zero-order valence-electron chi connectivity index (χ0n) is 12.0. The van der Waals surface area contributed by atoms with Gasteiger partial charge < -0.3 is 15.2 Å². The maximum Gasteiger partial charge on any atom is 0.239 e. The van der Waals surface area contributed by atoms with Crippen LogP contribution in [0.1, 0.15) is 36.3 Å². The molecule has 1 saturated carbocycles. The van der Waals surface area contributed by atoms with Crippen molar-refractivity contribution < 1.29 is 9.59 Å². The number of hydrogen-bond acceptors (Lipinski definition) is 4. The Kier molecular flexibility index (Phi) is 4.12. The number of aromatic nitrogens is 1. The maximum absolute atomic E-state index is 12.6. The number of thiazole rings is 1. The molecule has 3 rings (SSSR count). The van der Waals surface area contributed by atoms with Crippen LogP contribution in [0.15, 0.2) is 0 Å². The van der Waals surface area contributed by atoms with Gasteiger partial charge in [0.1, 0.15) is 0 Å². The number of aromatic amines is 1. The number of fused-ring (bicyclic) bond motifs is 1. The van der Waals surface area contributed by atoms with E-state index in [0.29, 0.717) is 10.4 Å². The molecular formula is C14H19N3O2S2. The number of H-pyrrole nitrogens is 1. The first-order valence-electron chi connectivity index (χ1n) is 7.32. The molecule has 0 aromatic carbocycles. The second kappa shape index (κ2) is 5.88. The normalized spacial score (nSPS) is 25.4. The number of nitrogens with zero attached hydrogens (tertiary/aromatic N) is 1. The van der Waals surface area contributed by atoms with Crippen LogP contribution in [0.25, 0.3) is 0 Å². The lowest BCUT2D eigenvalue weighted by Gasteiger charge is -2.44. The number of carbonyl (C=O) groups excluding carboxylic acids is 2. The first-order valence-corrected chi connectivity index (χ1v) is 8.54. The van der Waals surface area contributed by atoms with Gasteiger partial charge in [0.05, 0.1) is 19.0 Å². The van der Waals surface area contributed by atoms with Crippen LogP contribution in [-0.2, 0) is 16.0 Å². The molecule has 1 aliphatic heterocycles. The van der Waals surface area contributed by atoms with Gasteiger partial charge >= 0.3 is 0 Å². The molecule has 2 amide bonds. The van der Waals surface area contributed by atoms with Crippen molar-refractivity contribution in [2.75, 3.05) is 6.54 Å². The number of carbonyl (C=O) groups is 2. The third-order valence-electron chi connectivity index (χ3n) is 4.35. The van der Waals surface area contributed by atoms with Crippen molar-refractivity contribution in [3.63, 3.8) is 0 Å². The quantitative estimate of drug-likeness (QED) is 0.817. The minimum absolute atomic E-state index is 0.0371. The molecular weight excluding hydrogens is 306 g/mol. The van der Waals surface area contributed by atoms with Crippen molar-refractivity contribution in [2.24, 2.45) is 0 Å². The fourth-order valence-corrected chi connectivity index (χ4v) is 4.58. The van der Waals surface area contributed by atoms with Crippen LogP contribution in [0, 0.1) is 10.9 Å². The lowest BCUT2D eigenvalue weighted by atomic mass is 9.87. The third kappa shape index (κ3) is 3.03. The highest BCUT2D eigenvalue weighted by Crippen LogP contribution is 2.27. The number of aryl methyl sites for hydroxylation is 1. The standard InChI is InChI=1S/C14H19N3O2S2/c1-8-11(21-14(20)15-8)6-13(19)17-7-12(18)16-9-4-2-3-5-10(9)17/h9-10H,2-7H2,1H3,(H,15,20)(H,16,18)/t9-,10-/m0/s1. The van der Waals surface area contributed by atoms with E-state index in [2.05, 4.69) is 10.3 Å². The summed E-state index contributed by atoms with van der Waals surface area (Å²) in [5, 5.41) is 3.03. The van der Waals surface area contributed by atoms with Gasteiger partial charge in [0.2, 0.25) is 11.8 Å². The SMILES string of the molecule is Cc1[nH]c(=S)sc1CC(=O)N1CC(=O)N[C@H]2CCCC[C@@H]21. The van der Waals surface area contributed by atoms with Gasteiger partial charge in [0.15, 0.2) is 3.95 Å². The number of hydrogen-bond donors (Lipinski definition) is 2. The van der Waals surface area contributed by atoms with Crippen molar-refractivity contribution >= 4 is 35.4 Å². The van der Waals surface area contributed by atoms with Crippen LogP contribution in [0.2, 0.25) is 0 Å². The number of amides is 2. The van der Waals surface area contributed by atoms with Gasteiger partial charge in [0, 0.05) is 16.6 Å². The molecule has 0 unspecified atom stereocenters. The second-order valence-corrected chi connectivity index (χ2v) is 7.56. The van der Waals surface area contributed by atoms with Crippen LogP contribution in [0.5, 0.6) is 0 Å². The lowest BCUT2D eigenvalue weighted by molar-refractivity contribution is -0.143. The molecule has 0 radical (unpaired) electrons. The highest BCUT2D eigenvalue weighted by molar-refractivity contribution is 7.73. The molecule has 1 aromatic heterocycles. The zero-order chi connectivity index (χ0) is 15.0. The predicted molar refractivity (Wildman–Crippen MR) is 83.8 cm³/mol. The van der Waals surface area contributed by atoms with Gasteiger partial charge in [-0.1, -0.05) is 12.8 Å². The Morgan fingerprint density at radius 2 is 2.19 bits per heavy atom. The highest BCUT2D eigenvalue weighted by Gasteiger charge is 2.38. The molecule has 21 heavy (non-hydrogen) atoms. The van der Waals surface area contributed by atoms with Gasteiger partial charge in [-0.25, -0.2) is 0 Å². The lowest BCUT2D eigenvalue weighted by Crippen LogP contribution is -2.63. The summed E-state index contributed by atoms with van der Waals surface area (Å²) in [6.45, 7) is 2.12. The van der Waals surface area contributed by atoms with Crippen LogP contribution < -0.4 is 5.32 Å². The fourth-order valence-electron chi connectivity index (χ4n) is 3.29. The van der Waals surface area contributed by atoms with E-state index in [-0.39, 0.29) is 30.4 Å². The van der Waals surface area contributed by atoms with E-state index in [4.69, 9.17) is 12.2 Å². The summed E-state index contributed by atoms with van der Waals surface area (Å²) >= 11 is 6.56. The Labute approximate surface area is 132 Å². The molecule has 0 bridgehead atoms. The van der Waals surface area contributed by atoms with Gasteiger partial charge in [0.25, 0.3) is 0 Å². The molecule has 2 fully saturated rings. The summed E-state index contributed by atoms with van der Waals surface area (Å²) in [5.41, 5.74) is 0.958. The molecule has 7 heteroatoms. The van der Waals surface area contributed by atoms with Crippen LogP contribution >= 0.6 is 23.6 Å². The van der Waals surface area contributed by atoms with Gasteiger partial charge in [-0.15, -0.1) is 11.3 Å². The van der Waals surface area contributed by atoms with Crippen LogP contribution in [0.3, 0.4) is 0 Å². The highest BCUT2D eigenvalue weighted by atomic mass is 32.1. The molecule has 2 atom stereocenters. The Morgan fingerprint density at radius 1 is 1.43 bits per heavy atom. The van der Waals surface area contributed by atoms with E-state index in [9.17, 15) is 9.59 Å². The van der Waals surface area contributed by atoms with Crippen molar-refractivity contribution in [2.45, 2.75) is 51.1 Å². The Hall–Kier alpha value is -1.21. The van der Waals surface area contributed by atoms with Gasteiger partial charge in [-0.3, -0.25) is 9.59 Å². The molecule has 1 saturated heterocycles. The molecule has 5 nitrogen and oxygen atoms in total. The Balaban J connectivity index is 1.77. The molecule has 2 N–H and O–H groups in total. The predicted octanol–water partition coefficient (Wildman–Crippen LogP) is 1.93. The molecule has 0 spiro atoms. The Bertz CT molecular complexity index is 622. The van der Waals surface area contributed by atoms with E-state index in [1.807, 2.05) is 6.92 Å². The second-order valence-electron chi connectivity index (χ2n) is 5.79. The molecule has 1 aromatic rings. The maximum atomic E-state index is 12.6. The largest absolute Gasteiger partial charge is 0.350 e. The topological polar surface area (TPSA) is 65.2 Å². The van der Waals surface area contributed by atoms with E-state index in [1.165, 1.54) is 11.3 Å². The van der Waals surface area contributed by atoms with Gasteiger partial charge in [-0.05, 0) is 32.0 Å². The minimum Gasteiger partial charge on any atom is -0.350 e. The van der Waals surface area contributed by atoms with Crippen LogP contribution in [0.4, 0.5) is 0 Å². The van der Waals surface area contributed by atoms with Crippen molar-refractivity contribution in [1.29, 1.82) is 0 Å². The van der Waals surface area contributed by atoms with Crippen molar-refractivity contribution in [3.8, 4) is 0 Å². The van der Waals surface area contributed by atoms with E-state index in [0.717, 1.165) is 36.3 Å². The fraction of sp³-hybridized carbons (Fsp3) is 0.643. The molecule has 1 aliphatic carbocycles. The summed E-state index contributed by atoms with van der Waals surface area (Å²) < 4.78 is 0.697. The number of piperazine rings is 1. The smallest absolute Gasteiger partial charge is 0.239 e. The minimum atomic E-state index is -0.0371. The summed E-state index contributed by atoms with van der Waals surface area (Å²) in [5.74, 6) is 0.0000207. The summed E-state index contributed by atoms with van der Waals surface area (Å²) in [7, 11) is 0. The summed E-state index contributed by atoms with van der Waals surface area (Å²) in [6, 6.07) is 0.297. The monoisotopic (exact) mass is 325 g/mol. The average Bonchev–Trinajstić information content (AvgIpc) is 2.75. The molecule has 114 valence electrons. The van der Waals surface area contributed by atoms with E-state index >= 15 is 0 Å². The first-order chi connectivity index (χ1) is 10.0. The van der Waals surface area contributed by atoms with Crippen LogP contribution in [-0.4, -0.2) is 40.3 Å².